The summed E-state index contributed by atoms with van der Waals surface area (Å²) in [6.07, 6.45) is 4.22. The van der Waals surface area contributed by atoms with Crippen LogP contribution in [-0.2, 0) is 13.6 Å². The topological polar surface area (TPSA) is 47.1 Å². The molecule has 1 saturated heterocycles. The monoisotopic (exact) mass is 296 g/mol. The Balaban J connectivity index is 1.40. The van der Waals surface area contributed by atoms with Crippen molar-refractivity contribution >= 4 is 11.1 Å². The Hall–Kier alpha value is -2.14. The summed E-state index contributed by atoms with van der Waals surface area (Å²) in [4.78, 5) is 7.00. The maximum Gasteiger partial charge on any atom is 0.209 e. The molecule has 2 aromatic heterocycles. The van der Waals surface area contributed by atoms with Gasteiger partial charge in [-0.3, -0.25) is 9.58 Å². The minimum Gasteiger partial charge on any atom is -0.439 e. The predicted molar refractivity (Wildman–Crippen MR) is 84.5 cm³/mol. The highest BCUT2D eigenvalue weighted by atomic mass is 16.3. The largest absolute Gasteiger partial charge is 0.439 e. The second kappa shape index (κ2) is 5.57. The highest BCUT2D eigenvalue weighted by Gasteiger charge is 2.23. The van der Waals surface area contributed by atoms with Gasteiger partial charge in [0, 0.05) is 24.9 Å². The Morgan fingerprint density at radius 2 is 2.00 bits per heavy atom. The molecule has 4 rings (SSSR count). The Bertz CT molecular complexity index is 735. The fourth-order valence-corrected chi connectivity index (χ4v) is 3.35. The summed E-state index contributed by atoms with van der Waals surface area (Å²) in [5.41, 5.74) is 3.17. The van der Waals surface area contributed by atoms with Gasteiger partial charge in [-0.2, -0.15) is 5.10 Å². The first-order chi connectivity index (χ1) is 10.8. The van der Waals surface area contributed by atoms with Gasteiger partial charge in [0.05, 0.1) is 6.54 Å². The average Bonchev–Trinajstić information content (AvgIpc) is 3.13. The van der Waals surface area contributed by atoms with E-state index in [4.69, 9.17) is 4.42 Å². The molecule has 1 fully saturated rings. The molecule has 1 aliphatic rings. The van der Waals surface area contributed by atoms with Gasteiger partial charge in [0.2, 0.25) is 5.89 Å². The van der Waals surface area contributed by atoms with Crippen LogP contribution in [0.15, 0.2) is 40.9 Å². The van der Waals surface area contributed by atoms with E-state index in [0.717, 1.165) is 36.6 Å². The van der Waals surface area contributed by atoms with E-state index < -0.39 is 0 Å². The van der Waals surface area contributed by atoms with Crippen molar-refractivity contribution < 1.29 is 4.42 Å². The SMILES string of the molecule is Cn1nccc1C1CCN(Cc2nc3ccccc3o2)CC1. The molecule has 0 aliphatic carbocycles. The number of rotatable bonds is 3. The van der Waals surface area contributed by atoms with E-state index in [0.29, 0.717) is 5.92 Å². The third-order valence-electron chi connectivity index (χ3n) is 4.56. The van der Waals surface area contributed by atoms with Crippen LogP contribution in [0, 0.1) is 0 Å². The number of hydrogen-bond acceptors (Lipinski definition) is 4. The van der Waals surface area contributed by atoms with Crippen LogP contribution in [0.4, 0.5) is 0 Å². The Morgan fingerprint density at radius 1 is 1.18 bits per heavy atom. The molecular formula is C17H20N4O. The third-order valence-corrected chi connectivity index (χ3v) is 4.56. The van der Waals surface area contributed by atoms with Gasteiger partial charge in [-0.1, -0.05) is 12.1 Å². The molecule has 0 unspecified atom stereocenters. The molecule has 3 aromatic rings. The number of aryl methyl sites for hydroxylation is 1. The summed E-state index contributed by atoms with van der Waals surface area (Å²) in [5, 5.41) is 4.28. The van der Waals surface area contributed by atoms with Crippen LogP contribution in [0.5, 0.6) is 0 Å². The highest BCUT2D eigenvalue weighted by Crippen LogP contribution is 2.28. The van der Waals surface area contributed by atoms with Crippen molar-refractivity contribution in [3.63, 3.8) is 0 Å². The molecule has 0 bridgehead atoms. The number of hydrogen-bond donors (Lipinski definition) is 0. The van der Waals surface area contributed by atoms with Crippen LogP contribution >= 0.6 is 0 Å². The Kier molecular flexibility index (Phi) is 3.42. The van der Waals surface area contributed by atoms with Gasteiger partial charge in [-0.15, -0.1) is 0 Å². The van der Waals surface area contributed by atoms with Crippen molar-refractivity contribution in [3.05, 3.63) is 48.1 Å². The van der Waals surface area contributed by atoms with Crippen LogP contribution in [0.2, 0.25) is 0 Å². The zero-order chi connectivity index (χ0) is 14.9. The van der Waals surface area contributed by atoms with E-state index in [1.807, 2.05) is 42.2 Å². The minimum absolute atomic E-state index is 0.618. The number of benzene rings is 1. The van der Waals surface area contributed by atoms with E-state index in [1.54, 1.807) is 0 Å². The van der Waals surface area contributed by atoms with Crippen LogP contribution in [0.1, 0.15) is 30.3 Å². The van der Waals surface area contributed by atoms with Gasteiger partial charge in [-0.05, 0) is 44.1 Å². The van der Waals surface area contributed by atoms with Crippen molar-refractivity contribution in [2.75, 3.05) is 13.1 Å². The lowest BCUT2D eigenvalue weighted by atomic mass is 9.93. The van der Waals surface area contributed by atoms with Crippen LogP contribution in [-0.4, -0.2) is 32.8 Å². The van der Waals surface area contributed by atoms with Crippen molar-refractivity contribution in [1.29, 1.82) is 0 Å². The van der Waals surface area contributed by atoms with Gasteiger partial charge < -0.3 is 4.42 Å². The van der Waals surface area contributed by atoms with Gasteiger partial charge in [0.15, 0.2) is 5.58 Å². The summed E-state index contributed by atoms with van der Waals surface area (Å²) in [6.45, 7) is 2.95. The van der Waals surface area contributed by atoms with E-state index in [2.05, 4.69) is 21.0 Å². The number of fused-ring (bicyclic) bond motifs is 1. The fraction of sp³-hybridized carbons (Fsp3) is 0.412. The lowest BCUT2D eigenvalue weighted by Crippen LogP contribution is -2.33. The molecular weight excluding hydrogens is 276 g/mol. The third kappa shape index (κ3) is 2.52. The van der Waals surface area contributed by atoms with E-state index in [9.17, 15) is 0 Å². The first-order valence-electron chi connectivity index (χ1n) is 7.84. The molecule has 22 heavy (non-hydrogen) atoms. The maximum absolute atomic E-state index is 5.82. The number of aromatic nitrogens is 3. The fourth-order valence-electron chi connectivity index (χ4n) is 3.35. The maximum atomic E-state index is 5.82. The Morgan fingerprint density at radius 3 is 2.73 bits per heavy atom. The molecule has 3 heterocycles. The number of para-hydroxylation sites is 2. The van der Waals surface area contributed by atoms with Crippen molar-refractivity contribution in [2.24, 2.45) is 7.05 Å². The molecule has 1 aromatic carbocycles. The zero-order valence-corrected chi connectivity index (χ0v) is 12.8. The highest BCUT2D eigenvalue weighted by molar-refractivity contribution is 5.72. The molecule has 5 heteroatoms. The van der Waals surface area contributed by atoms with Gasteiger partial charge in [0.25, 0.3) is 0 Å². The smallest absolute Gasteiger partial charge is 0.209 e. The summed E-state index contributed by atoms with van der Waals surface area (Å²) < 4.78 is 7.82. The molecule has 0 spiro atoms. The van der Waals surface area contributed by atoms with Crippen molar-refractivity contribution in [3.8, 4) is 0 Å². The van der Waals surface area contributed by atoms with E-state index in [-0.39, 0.29) is 0 Å². The first-order valence-corrected chi connectivity index (χ1v) is 7.84. The quantitative estimate of drug-likeness (QED) is 0.745. The van der Waals surface area contributed by atoms with E-state index >= 15 is 0 Å². The second-order valence-corrected chi connectivity index (χ2v) is 6.01. The molecule has 114 valence electrons. The molecule has 0 amide bonds. The molecule has 0 radical (unpaired) electrons. The lowest BCUT2D eigenvalue weighted by Gasteiger charge is -2.31. The van der Waals surface area contributed by atoms with Gasteiger partial charge in [0.1, 0.15) is 5.52 Å². The van der Waals surface area contributed by atoms with Gasteiger partial charge >= 0.3 is 0 Å². The minimum atomic E-state index is 0.618. The average molecular weight is 296 g/mol. The normalized spacial score (nSPS) is 17.3. The molecule has 0 atom stereocenters. The number of piperidine rings is 1. The number of likely N-dealkylation sites (tertiary alicyclic amines) is 1. The van der Waals surface area contributed by atoms with Crippen LogP contribution < -0.4 is 0 Å². The van der Waals surface area contributed by atoms with Crippen LogP contribution in [0.25, 0.3) is 11.1 Å². The summed E-state index contributed by atoms with van der Waals surface area (Å²) in [5.74, 6) is 1.44. The molecule has 5 nitrogen and oxygen atoms in total. The predicted octanol–water partition coefficient (Wildman–Crippen LogP) is 2.94. The number of nitrogens with zero attached hydrogens (tertiary/aromatic N) is 4. The van der Waals surface area contributed by atoms with Crippen molar-refractivity contribution in [2.45, 2.75) is 25.3 Å². The summed E-state index contributed by atoms with van der Waals surface area (Å²) in [6, 6.07) is 10.1. The molecule has 0 N–H and O–H groups in total. The van der Waals surface area contributed by atoms with E-state index in [1.165, 1.54) is 18.5 Å². The summed E-state index contributed by atoms with van der Waals surface area (Å²) >= 11 is 0. The molecule has 1 aliphatic heterocycles. The Labute approximate surface area is 129 Å². The van der Waals surface area contributed by atoms with Gasteiger partial charge in [-0.25, -0.2) is 4.98 Å². The number of oxazole rings is 1. The lowest BCUT2D eigenvalue weighted by molar-refractivity contribution is 0.186. The van der Waals surface area contributed by atoms with Crippen LogP contribution in [0.3, 0.4) is 0 Å². The van der Waals surface area contributed by atoms with Crippen molar-refractivity contribution in [1.82, 2.24) is 19.7 Å². The zero-order valence-electron chi connectivity index (χ0n) is 12.8. The molecule has 0 saturated carbocycles. The first kappa shape index (κ1) is 13.5. The summed E-state index contributed by atoms with van der Waals surface area (Å²) in [7, 11) is 2.03. The second-order valence-electron chi connectivity index (χ2n) is 6.01. The standard InChI is InChI=1S/C17H20N4O/c1-20-15(6-9-18-20)13-7-10-21(11-8-13)12-17-19-14-4-2-3-5-16(14)22-17/h2-6,9,13H,7-8,10-12H2,1H3.